The SMILES string of the molecule is CCC1=C2C[C@@H](O)C=CC12. The Labute approximate surface area is 61.1 Å². The predicted molar refractivity (Wildman–Crippen MR) is 40.6 cm³/mol. The van der Waals surface area contributed by atoms with Crippen LogP contribution in [-0.2, 0) is 0 Å². The maximum atomic E-state index is 9.20. The number of aliphatic hydroxyl groups excluding tert-OH is 1. The van der Waals surface area contributed by atoms with E-state index in [1.54, 1.807) is 5.57 Å². The third kappa shape index (κ3) is 0.739. The Morgan fingerprint density at radius 3 is 3.00 bits per heavy atom. The van der Waals surface area contributed by atoms with Crippen molar-refractivity contribution in [2.75, 3.05) is 0 Å². The minimum atomic E-state index is -0.199. The van der Waals surface area contributed by atoms with Crippen molar-refractivity contribution < 1.29 is 5.11 Å². The van der Waals surface area contributed by atoms with E-state index in [1.165, 1.54) is 5.57 Å². The van der Waals surface area contributed by atoms with Crippen LogP contribution in [0.25, 0.3) is 0 Å². The van der Waals surface area contributed by atoms with Crippen LogP contribution in [0.1, 0.15) is 19.8 Å². The molecule has 2 aliphatic rings. The number of fused-ring (bicyclic) bond motifs is 1. The number of aliphatic hydroxyl groups is 1. The summed E-state index contributed by atoms with van der Waals surface area (Å²) in [4.78, 5) is 0. The van der Waals surface area contributed by atoms with E-state index in [0.29, 0.717) is 5.92 Å². The second-order valence-corrected chi connectivity index (χ2v) is 3.04. The van der Waals surface area contributed by atoms with Crippen LogP contribution < -0.4 is 0 Å². The minimum Gasteiger partial charge on any atom is -0.389 e. The van der Waals surface area contributed by atoms with E-state index in [9.17, 15) is 5.11 Å². The maximum Gasteiger partial charge on any atom is 0.0758 e. The lowest BCUT2D eigenvalue weighted by Crippen LogP contribution is -2.05. The molecule has 0 bridgehead atoms. The lowest BCUT2D eigenvalue weighted by molar-refractivity contribution is 0.221. The van der Waals surface area contributed by atoms with Crippen molar-refractivity contribution in [2.24, 2.45) is 5.92 Å². The van der Waals surface area contributed by atoms with Crippen LogP contribution in [0.5, 0.6) is 0 Å². The molecule has 0 saturated heterocycles. The summed E-state index contributed by atoms with van der Waals surface area (Å²) in [5.74, 6) is 0.661. The van der Waals surface area contributed by atoms with Crippen molar-refractivity contribution in [2.45, 2.75) is 25.9 Å². The van der Waals surface area contributed by atoms with Crippen LogP contribution in [0.2, 0.25) is 0 Å². The number of hydrogen-bond donors (Lipinski definition) is 1. The van der Waals surface area contributed by atoms with Crippen molar-refractivity contribution in [3.63, 3.8) is 0 Å². The Bertz CT molecular complexity index is 213. The fraction of sp³-hybridized carbons (Fsp3) is 0.556. The molecule has 0 radical (unpaired) electrons. The Morgan fingerprint density at radius 1 is 1.60 bits per heavy atom. The van der Waals surface area contributed by atoms with Gasteiger partial charge in [-0.15, -0.1) is 0 Å². The fourth-order valence-electron chi connectivity index (χ4n) is 1.81. The first kappa shape index (κ1) is 6.17. The van der Waals surface area contributed by atoms with Crippen molar-refractivity contribution >= 4 is 0 Å². The maximum absolute atomic E-state index is 9.20. The van der Waals surface area contributed by atoms with Gasteiger partial charge in [0, 0.05) is 5.92 Å². The minimum absolute atomic E-state index is 0.199. The van der Waals surface area contributed by atoms with Crippen LogP contribution in [0.4, 0.5) is 0 Å². The van der Waals surface area contributed by atoms with Gasteiger partial charge in [0.2, 0.25) is 0 Å². The summed E-state index contributed by atoms with van der Waals surface area (Å²) in [7, 11) is 0. The molecule has 0 saturated carbocycles. The van der Waals surface area contributed by atoms with Crippen molar-refractivity contribution in [1.82, 2.24) is 0 Å². The van der Waals surface area contributed by atoms with Crippen LogP contribution in [0.15, 0.2) is 23.3 Å². The summed E-state index contributed by atoms with van der Waals surface area (Å²) in [6.07, 6.45) is 5.90. The first-order chi connectivity index (χ1) is 4.83. The molecule has 0 amide bonds. The lowest BCUT2D eigenvalue weighted by atomic mass is 10.1. The Balaban J connectivity index is 2.14. The van der Waals surface area contributed by atoms with E-state index in [4.69, 9.17) is 0 Å². The fourth-order valence-corrected chi connectivity index (χ4v) is 1.81. The number of hydrogen-bond acceptors (Lipinski definition) is 1. The van der Waals surface area contributed by atoms with E-state index >= 15 is 0 Å². The summed E-state index contributed by atoms with van der Waals surface area (Å²) in [6.45, 7) is 2.18. The van der Waals surface area contributed by atoms with E-state index in [1.807, 2.05) is 6.08 Å². The first-order valence-electron chi connectivity index (χ1n) is 3.91. The van der Waals surface area contributed by atoms with Gasteiger partial charge in [0.1, 0.15) is 0 Å². The number of rotatable bonds is 1. The zero-order chi connectivity index (χ0) is 7.14. The monoisotopic (exact) mass is 136 g/mol. The summed E-state index contributed by atoms with van der Waals surface area (Å²) in [6, 6.07) is 0. The van der Waals surface area contributed by atoms with Gasteiger partial charge in [-0.25, -0.2) is 0 Å². The van der Waals surface area contributed by atoms with Gasteiger partial charge in [-0.05, 0) is 12.8 Å². The second-order valence-electron chi connectivity index (χ2n) is 3.04. The molecule has 0 aliphatic heterocycles. The summed E-state index contributed by atoms with van der Waals surface area (Å²) in [5.41, 5.74) is 3.06. The van der Waals surface area contributed by atoms with Crippen molar-refractivity contribution in [3.8, 4) is 0 Å². The van der Waals surface area contributed by atoms with Gasteiger partial charge < -0.3 is 5.11 Å². The molecule has 0 spiro atoms. The Hall–Kier alpha value is -0.560. The molecule has 2 atom stereocenters. The largest absolute Gasteiger partial charge is 0.389 e. The van der Waals surface area contributed by atoms with Gasteiger partial charge in [-0.2, -0.15) is 0 Å². The highest BCUT2D eigenvalue weighted by Crippen LogP contribution is 2.47. The third-order valence-electron chi connectivity index (χ3n) is 2.42. The topological polar surface area (TPSA) is 20.2 Å². The van der Waals surface area contributed by atoms with Crippen molar-refractivity contribution in [3.05, 3.63) is 23.3 Å². The molecule has 0 aromatic heterocycles. The van der Waals surface area contributed by atoms with Crippen LogP contribution in [0.3, 0.4) is 0 Å². The normalized spacial score (nSPS) is 36.2. The molecule has 1 nitrogen and oxygen atoms in total. The molecule has 1 heteroatoms. The van der Waals surface area contributed by atoms with Crippen molar-refractivity contribution in [1.29, 1.82) is 0 Å². The van der Waals surface area contributed by atoms with Gasteiger partial charge in [-0.3, -0.25) is 0 Å². The zero-order valence-electron chi connectivity index (χ0n) is 6.17. The smallest absolute Gasteiger partial charge is 0.0758 e. The molecule has 0 aromatic carbocycles. The predicted octanol–water partition coefficient (Wildman–Crippen LogP) is 1.64. The van der Waals surface area contributed by atoms with Crippen LogP contribution in [-0.4, -0.2) is 11.2 Å². The molecule has 1 unspecified atom stereocenters. The molecule has 0 aromatic rings. The van der Waals surface area contributed by atoms with E-state index in [2.05, 4.69) is 13.0 Å². The van der Waals surface area contributed by atoms with Gasteiger partial charge in [0.05, 0.1) is 6.10 Å². The quantitative estimate of drug-likeness (QED) is 0.543. The number of allylic oxidation sites excluding steroid dienone is 2. The molecule has 54 valence electrons. The molecule has 0 heterocycles. The van der Waals surface area contributed by atoms with E-state index in [0.717, 1.165) is 12.8 Å². The molecule has 2 rings (SSSR count). The van der Waals surface area contributed by atoms with E-state index in [-0.39, 0.29) is 6.10 Å². The van der Waals surface area contributed by atoms with Crippen LogP contribution >= 0.6 is 0 Å². The second kappa shape index (κ2) is 1.96. The standard InChI is InChI=1S/C9H12O/c1-2-7-8-4-3-6(10)5-9(7)8/h3-4,6,8,10H,2,5H2,1H3/t6-,8?/m0/s1. The van der Waals surface area contributed by atoms with Gasteiger partial charge in [0.15, 0.2) is 0 Å². The zero-order valence-corrected chi connectivity index (χ0v) is 6.17. The third-order valence-corrected chi connectivity index (χ3v) is 2.42. The van der Waals surface area contributed by atoms with Gasteiger partial charge in [-0.1, -0.05) is 30.2 Å². The summed E-state index contributed by atoms with van der Waals surface area (Å²) < 4.78 is 0. The Morgan fingerprint density at radius 2 is 2.40 bits per heavy atom. The molecule has 10 heavy (non-hydrogen) atoms. The van der Waals surface area contributed by atoms with Gasteiger partial charge >= 0.3 is 0 Å². The Kier molecular flexibility index (Phi) is 1.21. The average molecular weight is 136 g/mol. The summed E-state index contributed by atoms with van der Waals surface area (Å²) in [5, 5.41) is 9.20. The van der Waals surface area contributed by atoms with Gasteiger partial charge in [0.25, 0.3) is 0 Å². The highest BCUT2D eigenvalue weighted by atomic mass is 16.3. The first-order valence-corrected chi connectivity index (χ1v) is 3.91. The highest BCUT2D eigenvalue weighted by molar-refractivity contribution is 5.48. The highest BCUT2D eigenvalue weighted by Gasteiger charge is 2.35. The molecular weight excluding hydrogens is 124 g/mol. The molecule has 0 fully saturated rings. The average Bonchev–Trinajstić information content (AvgIpc) is 2.60. The molecular formula is C9H12O. The van der Waals surface area contributed by atoms with E-state index < -0.39 is 0 Å². The molecule has 2 aliphatic carbocycles. The van der Waals surface area contributed by atoms with Crippen LogP contribution in [0, 0.1) is 5.92 Å². The lowest BCUT2D eigenvalue weighted by Gasteiger charge is -2.06. The molecule has 1 N–H and O–H groups in total. The summed E-state index contributed by atoms with van der Waals surface area (Å²) >= 11 is 0.